The van der Waals surface area contributed by atoms with Crippen LogP contribution < -0.4 is 9.47 Å². The van der Waals surface area contributed by atoms with E-state index in [1.807, 2.05) is 23.1 Å². The van der Waals surface area contributed by atoms with Crippen LogP contribution in [0.15, 0.2) is 49.1 Å². The third-order valence-corrected chi connectivity index (χ3v) is 5.23. The molecule has 28 heavy (non-hydrogen) atoms. The van der Waals surface area contributed by atoms with Gasteiger partial charge in [-0.1, -0.05) is 24.3 Å². The molecule has 0 fully saturated rings. The predicted molar refractivity (Wildman–Crippen MR) is 110 cm³/mol. The number of carbonyl (C=O) groups excluding carboxylic acids is 1. The Morgan fingerprint density at radius 3 is 2.93 bits per heavy atom. The summed E-state index contributed by atoms with van der Waals surface area (Å²) in [6.45, 7) is 5.22. The first-order chi connectivity index (χ1) is 13.6. The van der Waals surface area contributed by atoms with Gasteiger partial charge in [0.05, 0.1) is 7.11 Å². The lowest BCUT2D eigenvalue weighted by Gasteiger charge is -2.27. The summed E-state index contributed by atoms with van der Waals surface area (Å²) in [5, 5.41) is 1.77. The Bertz CT molecular complexity index is 1060. The topological polar surface area (TPSA) is 54.6 Å². The second-order valence-corrected chi connectivity index (χ2v) is 7.15. The average Bonchev–Trinajstić information content (AvgIpc) is 3.08. The Balaban J connectivity index is 1.60. The molecule has 2 aromatic carbocycles. The number of fused-ring (bicyclic) bond motifs is 3. The first-order valence-corrected chi connectivity index (χ1v) is 9.48. The molecule has 5 nitrogen and oxygen atoms in total. The van der Waals surface area contributed by atoms with Crippen molar-refractivity contribution in [2.24, 2.45) is 0 Å². The first kappa shape index (κ1) is 18.4. The molecular weight excluding hydrogens is 376 g/mol. The Hall–Kier alpha value is -2.92. The van der Waals surface area contributed by atoms with Gasteiger partial charge in [0, 0.05) is 52.3 Å². The van der Waals surface area contributed by atoms with E-state index in [0.29, 0.717) is 41.8 Å². The van der Waals surface area contributed by atoms with Crippen molar-refractivity contribution >= 4 is 28.4 Å². The smallest absolute Gasteiger partial charge is 0.254 e. The van der Waals surface area contributed by atoms with Crippen LogP contribution in [-0.4, -0.2) is 36.1 Å². The highest BCUT2D eigenvalue weighted by molar-refractivity contribution is 6.31. The normalized spacial score (nSPS) is 13.3. The molecule has 2 heterocycles. The number of amides is 1. The number of aromatic amines is 1. The highest BCUT2D eigenvalue weighted by atomic mass is 35.5. The highest BCUT2D eigenvalue weighted by Crippen LogP contribution is 2.32. The van der Waals surface area contributed by atoms with E-state index in [0.717, 1.165) is 22.9 Å². The quantitative estimate of drug-likeness (QED) is 0.641. The summed E-state index contributed by atoms with van der Waals surface area (Å²) >= 11 is 6.17. The van der Waals surface area contributed by atoms with E-state index in [-0.39, 0.29) is 5.91 Å². The van der Waals surface area contributed by atoms with Gasteiger partial charge in [-0.05, 0) is 36.4 Å². The SMILES string of the molecule is C=CCOc1ccc(C(=O)N2CCc3[nH]c4ccc(Cl)cc4c3C2)cc1OC. The lowest BCUT2D eigenvalue weighted by molar-refractivity contribution is 0.0734. The molecule has 0 radical (unpaired) electrons. The largest absolute Gasteiger partial charge is 0.493 e. The van der Waals surface area contributed by atoms with Crippen molar-refractivity contribution in [3.05, 3.63) is 70.9 Å². The van der Waals surface area contributed by atoms with Gasteiger partial charge in [-0.2, -0.15) is 0 Å². The molecule has 0 bridgehead atoms. The van der Waals surface area contributed by atoms with Crippen LogP contribution >= 0.6 is 11.6 Å². The van der Waals surface area contributed by atoms with Crippen molar-refractivity contribution in [3.8, 4) is 11.5 Å². The number of H-pyrrole nitrogens is 1. The predicted octanol–water partition coefficient (Wildman–Crippen LogP) is 4.59. The minimum Gasteiger partial charge on any atom is -0.493 e. The van der Waals surface area contributed by atoms with Crippen LogP contribution in [0.3, 0.4) is 0 Å². The van der Waals surface area contributed by atoms with Crippen molar-refractivity contribution in [2.75, 3.05) is 20.3 Å². The maximum absolute atomic E-state index is 13.1. The molecule has 1 aliphatic rings. The number of halogens is 1. The maximum Gasteiger partial charge on any atom is 0.254 e. The van der Waals surface area contributed by atoms with E-state index in [2.05, 4.69) is 11.6 Å². The fraction of sp³-hybridized carbons (Fsp3) is 0.227. The fourth-order valence-electron chi connectivity index (χ4n) is 3.61. The number of nitrogens with zero attached hydrogens (tertiary/aromatic N) is 1. The van der Waals surface area contributed by atoms with Crippen LogP contribution in [-0.2, 0) is 13.0 Å². The molecule has 1 amide bonds. The van der Waals surface area contributed by atoms with E-state index >= 15 is 0 Å². The second-order valence-electron chi connectivity index (χ2n) is 6.71. The Kier molecular flexibility index (Phi) is 5.01. The van der Waals surface area contributed by atoms with Gasteiger partial charge in [-0.25, -0.2) is 0 Å². The van der Waals surface area contributed by atoms with Crippen LogP contribution in [0.2, 0.25) is 5.02 Å². The van der Waals surface area contributed by atoms with E-state index in [9.17, 15) is 4.79 Å². The lowest BCUT2D eigenvalue weighted by atomic mass is 10.0. The third kappa shape index (κ3) is 3.34. The molecule has 1 aliphatic heterocycles. The maximum atomic E-state index is 13.1. The lowest BCUT2D eigenvalue weighted by Crippen LogP contribution is -2.35. The zero-order valence-electron chi connectivity index (χ0n) is 15.6. The number of rotatable bonds is 5. The van der Waals surface area contributed by atoms with Crippen LogP contribution in [0.5, 0.6) is 11.5 Å². The van der Waals surface area contributed by atoms with Crippen molar-refractivity contribution in [1.29, 1.82) is 0 Å². The van der Waals surface area contributed by atoms with Gasteiger partial charge < -0.3 is 19.4 Å². The van der Waals surface area contributed by atoms with Gasteiger partial charge in [0.1, 0.15) is 6.61 Å². The van der Waals surface area contributed by atoms with Gasteiger partial charge in [0.15, 0.2) is 11.5 Å². The number of ether oxygens (including phenoxy) is 2. The molecule has 3 aromatic rings. The summed E-state index contributed by atoms with van der Waals surface area (Å²) in [6.07, 6.45) is 2.45. The molecular formula is C22H21ClN2O3. The number of methoxy groups -OCH3 is 1. The van der Waals surface area contributed by atoms with Crippen molar-refractivity contribution in [2.45, 2.75) is 13.0 Å². The van der Waals surface area contributed by atoms with Gasteiger partial charge in [-0.15, -0.1) is 0 Å². The van der Waals surface area contributed by atoms with E-state index in [1.54, 1.807) is 31.4 Å². The van der Waals surface area contributed by atoms with Crippen LogP contribution in [0.4, 0.5) is 0 Å². The Labute approximate surface area is 168 Å². The minimum absolute atomic E-state index is 0.0319. The van der Waals surface area contributed by atoms with Crippen LogP contribution in [0.25, 0.3) is 10.9 Å². The Morgan fingerprint density at radius 2 is 2.14 bits per heavy atom. The molecule has 6 heteroatoms. The molecule has 0 saturated heterocycles. The molecule has 4 rings (SSSR count). The Morgan fingerprint density at radius 1 is 1.29 bits per heavy atom. The number of carbonyl (C=O) groups is 1. The molecule has 0 spiro atoms. The second kappa shape index (κ2) is 7.60. The summed E-state index contributed by atoms with van der Waals surface area (Å²) < 4.78 is 11.0. The van der Waals surface area contributed by atoms with Crippen molar-refractivity contribution in [1.82, 2.24) is 9.88 Å². The third-order valence-electron chi connectivity index (χ3n) is 4.99. The zero-order valence-corrected chi connectivity index (χ0v) is 16.4. The average molecular weight is 397 g/mol. The van der Waals surface area contributed by atoms with E-state index in [1.165, 1.54) is 5.69 Å². The van der Waals surface area contributed by atoms with Crippen LogP contribution in [0.1, 0.15) is 21.6 Å². The van der Waals surface area contributed by atoms with Crippen LogP contribution in [0, 0.1) is 0 Å². The molecule has 1 aromatic heterocycles. The molecule has 0 saturated carbocycles. The van der Waals surface area contributed by atoms with Crippen molar-refractivity contribution in [3.63, 3.8) is 0 Å². The van der Waals surface area contributed by atoms with Gasteiger partial charge in [0.25, 0.3) is 5.91 Å². The summed E-state index contributed by atoms with van der Waals surface area (Å²) in [5.74, 6) is 1.09. The molecule has 0 atom stereocenters. The van der Waals surface area contributed by atoms with Gasteiger partial charge in [0.2, 0.25) is 0 Å². The molecule has 1 N–H and O–H groups in total. The fourth-order valence-corrected chi connectivity index (χ4v) is 3.78. The van der Waals surface area contributed by atoms with Gasteiger partial charge >= 0.3 is 0 Å². The zero-order chi connectivity index (χ0) is 19.7. The molecule has 0 unspecified atom stereocenters. The molecule has 144 valence electrons. The summed E-state index contributed by atoms with van der Waals surface area (Å²) in [7, 11) is 1.56. The van der Waals surface area contributed by atoms with E-state index in [4.69, 9.17) is 21.1 Å². The highest BCUT2D eigenvalue weighted by Gasteiger charge is 2.25. The van der Waals surface area contributed by atoms with E-state index < -0.39 is 0 Å². The first-order valence-electron chi connectivity index (χ1n) is 9.10. The summed E-state index contributed by atoms with van der Waals surface area (Å²) in [4.78, 5) is 18.4. The number of aromatic nitrogens is 1. The summed E-state index contributed by atoms with van der Waals surface area (Å²) in [5.41, 5.74) is 3.93. The minimum atomic E-state index is -0.0319. The molecule has 0 aliphatic carbocycles. The number of nitrogens with one attached hydrogen (secondary N) is 1. The summed E-state index contributed by atoms with van der Waals surface area (Å²) in [6, 6.07) is 11.1. The number of hydrogen-bond acceptors (Lipinski definition) is 3. The monoisotopic (exact) mass is 396 g/mol. The van der Waals surface area contributed by atoms with Crippen molar-refractivity contribution < 1.29 is 14.3 Å². The number of benzene rings is 2. The number of hydrogen-bond donors (Lipinski definition) is 1. The van der Waals surface area contributed by atoms with Gasteiger partial charge in [-0.3, -0.25) is 4.79 Å². The standard InChI is InChI=1S/C22H21ClN2O3/c1-3-10-28-20-7-4-14(11-21(20)27-2)22(26)25-9-8-19-17(13-25)16-12-15(23)5-6-18(16)24-19/h3-7,11-12,24H,1,8-10,13H2,2H3.